The monoisotopic (exact) mass is 303 g/mol. The van der Waals surface area contributed by atoms with E-state index in [0.717, 1.165) is 32.4 Å². The molecule has 4 nitrogen and oxygen atoms in total. The number of anilines is 1. The average molecular weight is 304 g/mol. The van der Waals surface area contributed by atoms with Gasteiger partial charge in [0.05, 0.1) is 11.2 Å². The van der Waals surface area contributed by atoms with Crippen molar-refractivity contribution in [3.05, 3.63) is 57.5 Å². The summed E-state index contributed by atoms with van der Waals surface area (Å²) >= 11 is 6.10. The number of hydrogen-bond donors (Lipinski definition) is 1. The summed E-state index contributed by atoms with van der Waals surface area (Å²) in [6.07, 6.45) is 4.75. The van der Waals surface area contributed by atoms with E-state index in [1.807, 2.05) is 6.07 Å². The molecule has 1 aromatic heterocycles. The van der Waals surface area contributed by atoms with Gasteiger partial charge in [-0.2, -0.15) is 5.10 Å². The lowest BCUT2D eigenvalue weighted by Crippen LogP contribution is -2.37. The van der Waals surface area contributed by atoms with E-state index in [0.29, 0.717) is 16.6 Å². The Morgan fingerprint density at radius 3 is 2.62 bits per heavy atom. The number of benzene rings is 1. The van der Waals surface area contributed by atoms with Crippen LogP contribution in [0.1, 0.15) is 18.4 Å². The minimum Gasteiger partial charge on any atom is -0.366 e. The van der Waals surface area contributed by atoms with Gasteiger partial charge in [-0.05, 0) is 30.7 Å². The lowest BCUT2D eigenvalue weighted by molar-refractivity contribution is 0.403. The third kappa shape index (κ3) is 3.27. The predicted octanol–water partition coefficient (Wildman–Crippen LogP) is 2.88. The highest BCUT2D eigenvalue weighted by atomic mass is 35.5. The number of halogens is 1. The van der Waals surface area contributed by atoms with Crippen molar-refractivity contribution in [2.24, 2.45) is 5.92 Å². The molecule has 0 amide bonds. The maximum absolute atomic E-state index is 11.9. The fourth-order valence-electron chi connectivity index (χ4n) is 2.97. The molecule has 0 radical (unpaired) electrons. The molecule has 21 heavy (non-hydrogen) atoms. The van der Waals surface area contributed by atoms with Crippen molar-refractivity contribution in [3.63, 3.8) is 0 Å². The quantitative estimate of drug-likeness (QED) is 0.948. The Labute approximate surface area is 128 Å². The second-order valence-corrected chi connectivity index (χ2v) is 5.92. The Hall–Kier alpha value is -1.81. The first-order chi connectivity index (χ1) is 10.2. The zero-order valence-electron chi connectivity index (χ0n) is 11.8. The molecule has 1 N–H and O–H groups in total. The zero-order valence-corrected chi connectivity index (χ0v) is 12.5. The highest BCUT2D eigenvalue weighted by molar-refractivity contribution is 6.33. The SMILES string of the molecule is O=c1[nH]ncc(Cl)c1N1CCC(Cc2ccccc2)CC1. The van der Waals surface area contributed by atoms with E-state index < -0.39 is 0 Å². The molecule has 2 heterocycles. The Morgan fingerprint density at radius 1 is 1.24 bits per heavy atom. The molecule has 0 aliphatic carbocycles. The van der Waals surface area contributed by atoms with E-state index in [4.69, 9.17) is 11.6 Å². The molecule has 1 aliphatic rings. The highest BCUT2D eigenvalue weighted by Crippen LogP contribution is 2.27. The fourth-order valence-corrected chi connectivity index (χ4v) is 3.23. The van der Waals surface area contributed by atoms with E-state index in [9.17, 15) is 4.79 Å². The summed E-state index contributed by atoms with van der Waals surface area (Å²) in [5, 5.41) is 6.60. The van der Waals surface area contributed by atoms with Gasteiger partial charge in [-0.25, -0.2) is 5.10 Å². The fraction of sp³-hybridized carbons (Fsp3) is 0.375. The summed E-state index contributed by atoms with van der Waals surface area (Å²) < 4.78 is 0. The second-order valence-electron chi connectivity index (χ2n) is 5.52. The molecule has 0 unspecified atom stereocenters. The number of nitrogens with zero attached hydrogens (tertiary/aromatic N) is 2. The smallest absolute Gasteiger partial charge is 0.289 e. The van der Waals surface area contributed by atoms with Crippen molar-refractivity contribution in [2.45, 2.75) is 19.3 Å². The normalized spacial score (nSPS) is 16.1. The van der Waals surface area contributed by atoms with Gasteiger partial charge in [-0.15, -0.1) is 0 Å². The van der Waals surface area contributed by atoms with Gasteiger partial charge in [0.2, 0.25) is 0 Å². The van der Waals surface area contributed by atoms with Crippen LogP contribution >= 0.6 is 11.6 Å². The van der Waals surface area contributed by atoms with Crippen LogP contribution in [0, 0.1) is 5.92 Å². The van der Waals surface area contributed by atoms with Crippen LogP contribution in [0.4, 0.5) is 5.69 Å². The Morgan fingerprint density at radius 2 is 1.95 bits per heavy atom. The van der Waals surface area contributed by atoms with Gasteiger partial charge < -0.3 is 4.90 Å². The lowest BCUT2D eigenvalue weighted by atomic mass is 9.90. The number of nitrogens with one attached hydrogen (secondary N) is 1. The summed E-state index contributed by atoms with van der Waals surface area (Å²) in [4.78, 5) is 13.9. The maximum Gasteiger partial charge on any atom is 0.289 e. The molecule has 3 rings (SSSR count). The molecule has 110 valence electrons. The number of hydrogen-bond acceptors (Lipinski definition) is 3. The van der Waals surface area contributed by atoms with Crippen LogP contribution in [-0.4, -0.2) is 23.3 Å². The van der Waals surface area contributed by atoms with E-state index in [1.165, 1.54) is 11.8 Å². The first-order valence-electron chi connectivity index (χ1n) is 7.26. The number of rotatable bonds is 3. The number of H-pyrrole nitrogens is 1. The first kappa shape index (κ1) is 14.1. The first-order valence-corrected chi connectivity index (χ1v) is 7.64. The van der Waals surface area contributed by atoms with E-state index in [-0.39, 0.29) is 5.56 Å². The van der Waals surface area contributed by atoms with Crippen molar-refractivity contribution >= 4 is 17.3 Å². The summed E-state index contributed by atoms with van der Waals surface area (Å²) in [5.41, 5.74) is 1.74. The molecule has 0 spiro atoms. The Kier molecular flexibility index (Phi) is 4.25. The van der Waals surface area contributed by atoms with Crippen molar-refractivity contribution in [1.82, 2.24) is 10.2 Å². The molecular weight excluding hydrogens is 286 g/mol. The maximum atomic E-state index is 11.9. The van der Waals surface area contributed by atoms with Crippen molar-refractivity contribution in [3.8, 4) is 0 Å². The van der Waals surface area contributed by atoms with Crippen LogP contribution in [-0.2, 0) is 6.42 Å². The number of aromatic nitrogens is 2. The van der Waals surface area contributed by atoms with E-state index in [2.05, 4.69) is 39.4 Å². The van der Waals surface area contributed by atoms with Crippen LogP contribution in [0.3, 0.4) is 0 Å². The summed E-state index contributed by atoms with van der Waals surface area (Å²) in [7, 11) is 0. The minimum absolute atomic E-state index is 0.205. The van der Waals surface area contributed by atoms with Crippen LogP contribution in [0.15, 0.2) is 41.3 Å². The van der Waals surface area contributed by atoms with Crippen LogP contribution in [0.25, 0.3) is 0 Å². The predicted molar refractivity (Wildman–Crippen MR) is 85.0 cm³/mol. The van der Waals surface area contributed by atoms with E-state index >= 15 is 0 Å². The molecule has 0 saturated carbocycles. The van der Waals surface area contributed by atoms with Gasteiger partial charge in [0, 0.05) is 13.1 Å². The highest BCUT2D eigenvalue weighted by Gasteiger charge is 2.23. The lowest BCUT2D eigenvalue weighted by Gasteiger charge is -2.33. The van der Waals surface area contributed by atoms with E-state index in [1.54, 1.807) is 0 Å². The molecule has 1 fully saturated rings. The van der Waals surface area contributed by atoms with Crippen molar-refractivity contribution in [1.29, 1.82) is 0 Å². The minimum atomic E-state index is -0.205. The van der Waals surface area contributed by atoms with Crippen LogP contribution in [0.2, 0.25) is 5.02 Å². The second kappa shape index (κ2) is 6.31. The molecule has 0 bridgehead atoms. The van der Waals surface area contributed by atoms with Crippen molar-refractivity contribution < 1.29 is 0 Å². The van der Waals surface area contributed by atoms with Gasteiger partial charge in [0.1, 0.15) is 5.69 Å². The summed E-state index contributed by atoms with van der Waals surface area (Å²) in [5.74, 6) is 0.670. The third-order valence-electron chi connectivity index (χ3n) is 4.08. The molecule has 1 aromatic carbocycles. The molecule has 1 saturated heterocycles. The van der Waals surface area contributed by atoms with Gasteiger partial charge in [0.25, 0.3) is 5.56 Å². The average Bonchev–Trinajstić information content (AvgIpc) is 2.50. The summed E-state index contributed by atoms with van der Waals surface area (Å²) in [6.45, 7) is 1.73. The zero-order chi connectivity index (χ0) is 14.7. The Balaban J connectivity index is 1.64. The molecule has 2 aromatic rings. The molecule has 5 heteroatoms. The number of piperidine rings is 1. The molecule has 1 aliphatic heterocycles. The molecular formula is C16H18ClN3O. The summed E-state index contributed by atoms with van der Waals surface area (Å²) in [6, 6.07) is 10.6. The van der Waals surface area contributed by atoms with Crippen LogP contribution in [0.5, 0.6) is 0 Å². The Bertz CT molecular complexity index is 648. The van der Waals surface area contributed by atoms with Gasteiger partial charge in [0.15, 0.2) is 0 Å². The topological polar surface area (TPSA) is 49.0 Å². The van der Waals surface area contributed by atoms with Gasteiger partial charge >= 0.3 is 0 Å². The van der Waals surface area contributed by atoms with Gasteiger partial charge in [-0.1, -0.05) is 41.9 Å². The number of aromatic amines is 1. The molecule has 0 atom stereocenters. The standard InChI is InChI=1S/C16H18ClN3O/c17-14-11-18-19-16(21)15(14)20-8-6-13(7-9-20)10-12-4-2-1-3-5-12/h1-5,11,13H,6-10H2,(H,19,21). The largest absolute Gasteiger partial charge is 0.366 e. The third-order valence-corrected chi connectivity index (χ3v) is 4.36. The van der Waals surface area contributed by atoms with Crippen LogP contribution < -0.4 is 10.5 Å². The van der Waals surface area contributed by atoms with Gasteiger partial charge in [-0.3, -0.25) is 4.79 Å². The van der Waals surface area contributed by atoms with Crippen molar-refractivity contribution in [2.75, 3.05) is 18.0 Å².